The zero-order chi connectivity index (χ0) is 14.3. The minimum atomic E-state index is -0.465. The van der Waals surface area contributed by atoms with Gasteiger partial charge >= 0.3 is 0 Å². The van der Waals surface area contributed by atoms with Crippen molar-refractivity contribution in [1.29, 1.82) is 0 Å². The molecule has 0 amide bonds. The first-order valence-corrected chi connectivity index (χ1v) is 6.15. The molecule has 0 bridgehead atoms. The van der Waals surface area contributed by atoms with Gasteiger partial charge in [-0.3, -0.25) is 4.79 Å². The molecule has 0 aliphatic carbocycles. The monoisotopic (exact) mass is 307 g/mol. The van der Waals surface area contributed by atoms with Gasteiger partial charge in [-0.1, -0.05) is 12.1 Å². The van der Waals surface area contributed by atoms with E-state index in [1.165, 1.54) is 30.3 Å². The average Bonchev–Trinajstić information content (AvgIpc) is 2.40. The molecule has 2 aromatic carbocycles. The number of hydrogen-bond acceptors (Lipinski definition) is 1. The van der Waals surface area contributed by atoms with Crippen LogP contribution in [-0.2, 0) is 0 Å². The molecule has 0 N–H and O–H groups in total. The van der Waals surface area contributed by atoms with Crippen LogP contribution in [0.1, 0.15) is 5.69 Å². The summed E-state index contributed by atoms with van der Waals surface area (Å²) in [4.78, 5) is 11.9. The molecule has 0 radical (unpaired) electrons. The smallest absolute Gasteiger partial charge is 0.189 e. The van der Waals surface area contributed by atoms with E-state index >= 15 is 0 Å². The number of rotatable bonds is 1. The molecule has 0 atom stereocenters. The fourth-order valence-electron chi connectivity index (χ4n) is 2.37. The van der Waals surface area contributed by atoms with Crippen LogP contribution in [0, 0.1) is 18.6 Å². The van der Waals surface area contributed by atoms with Gasteiger partial charge in [0.15, 0.2) is 5.43 Å². The third-order valence-corrected chi connectivity index (χ3v) is 3.25. The van der Waals surface area contributed by atoms with Gasteiger partial charge in [-0.25, -0.2) is 8.78 Å². The standard InChI is InChI=1S/C16H11F2NO.ClH/c1-10-8-16(20)12-7-6-11(17)9-15(12)19(10)14-5-3-2-4-13(14)18;/h2-9H,1H3;1H. The summed E-state index contributed by atoms with van der Waals surface area (Å²) in [6.45, 7) is 1.69. The summed E-state index contributed by atoms with van der Waals surface area (Å²) in [7, 11) is 0. The summed E-state index contributed by atoms with van der Waals surface area (Å²) in [5.74, 6) is -0.891. The molecule has 2 nitrogen and oxygen atoms in total. The van der Waals surface area contributed by atoms with Gasteiger partial charge in [0.05, 0.1) is 11.2 Å². The predicted octanol–water partition coefficient (Wildman–Crippen LogP) is 4.00. The number of fused-ring (bicyclic) bond motifs is 1. The maximum atomic E-state index is 14.0. The Labute approximate surface area is 126 Å². The molecule has 5 heteroatoms. The van der Waals surface area contributed by atoms with E-state index < -0.39 is 11.6 Å². The number of hydrogen-bond donors (Lipinski definition) is 0. The highest BCUT2D eigenvalue weighted by Crippen LogP contribution is 2.21. The zero-order valence-corrected chi connectivity index (χ0v) is 12.0. The highest BCUT2D eigenvalue weighted by atomic mass is 35.5. The second-order valence-corrected chi connectivity index (χ2v) is 4.60. The van der Waals surface area contributed by atoms with Crippen LogP contribution in [0.15, 0.2) is 53.3 Å². The highest BCUT2D eigenvalue weighted by molar-refractivity contribution is 5.85. The molecule has 1 aromatic heterocycles. The molecule has 0 saturated heterocycles. The van der Waals surface area contributed by atoms with E-state index in [4.69, 9.17) is 0 Å². The Bertz CT molecular complexity index is 874. The van der Waals surface area contributed by atoms with Crippen molar-refractivity contribution >= 4 is 23.3 Å². The lowest BCUT2D eigenvalue weighted by Gasteiger charge is -2.15. The van der Waals surface area contributed by atoms with Gasteiger partial charge in [0, 0.05) is 17.1 Å². The van der Waals surface area contributed by atoms with Gasteiger partial charge in [-0.05, 0) is 37.3 Å². The van der Waals surface area contributed by atoms with Crippen LogP contribution < -0.4 is 5.43 Å². The van der Waals surface area contributed by atoms with Crippen molar-refractivity contribution in [2.45, 2.75) is 6.92 Å². The van der Waals surface area contributed by atoms with Crippen LogP contribution in [0.5, 0.6) is 0 Å². The third-order valence-electron chi connectivity index (χ3n) is 3.25. The van der Waals surface area contributed by atoms with Crippen LogP contribution in [0.25, 0.3) is 16.6 Å². The second kappa shape index (κ2) is 5.66. The number of aromatic nitrogens is 1. The third kappa shape index (κ3) is 2.54. The van der Waals surface area contributed by atoms with E-state index in [2.05, 4.69) is 0 Å². The number of pyridine rings is 1. The van der Waals surface area contributed by atoms with E-state index in [1.807, 2.05) is 0 Å². The molecule has 108 valence electrons. The molecule has 0 spiro atoms. The lowest BCUT2D eigenvalue weighted by molar-refractivity contribution is 0.616. The summed E-state index contributed by atoms with van der Waals surface area (Å²) in [5.41, 5.74) is 1.00. The molecular formula is C16H12ClF2NO. The summed E-state index contributed by atoms with van der Waals surface area (Å²) in [6, 6.07) is 11.5. The van der Waals surface area contributed by atoms with Gasteiger partial charge < -0.3 is 4.57 Å². The molecule has 0 aliphatic heterocycles. The number of para-hydroxylation sites is 1. The first-order chi connectivity index (χ1) is 9.58. The van der Waals surface area contributed by atoms with Crippen LogP contribution in [0.2, 0.25) is 0 Å². The quantitative estimate of drug-likeness (QED) is 0.666. The van der Waals surface area contributed by atoms with E-state index in [9.17, 15) is 13.6 Å². The van der Waals surface area contributed by atoms with Crippen LogP contribution in [0.4, 0.5) is 8.78 Å². The fourth-order valence-corrected chi connectivity index (χ4v) is 2.37. The minimum absolute atomic E-state index is 0. The molecular weight excluding hydrogens is 296 g/mol. The Hall–Kier alpha value is -2.20. The average molecular weight is 308 g/mol. The lowest BCUT2D eigenvalue weighted by atomic mass is 10.1. The van der Waals surface area contributed by atoms with Crippen LogP contribution >= 0.6 is 12.4 Å². The molecule has 3 aromatic rings. The molecule has 1 heterocycles. The molecule has 0 fully saturated rings. The molecule has 0 unspecified atom stereocenters. The summed E-state index contributed by atoms with van der Waals surface area (Å²) in [6.07, 6.45) is 0. The summed E-state index contributed by atoms with van der Waals surface area (Å²) < 4.78 is 29.0. The first kappa shape index (κ1) is 15.2. The SMILES string of the molecule is Cc1cc(=O)c2ccc(F)cc2n1-c1ccccc1F.Cl. The number of halogens is 3. The number of benzene rings is 2. The van der Waals surface area contributed by atoms with E-state index in [0.717, 1.165) is 0 Å². The lowest BCUT2D eigenvalue weighted by Crippen LogP contribution is -2.12. The van der Waals surface area contributed by atoms with Crippen molar-refractivity contribution < 1.29 is 8.78 Å². The maximum absolute atomic E-state index is 14.0. The van der Waals surface area contributed by atoms with Gasteiger partial charge in [0.1, 0.15) is 11.6 Å². The van der Waals surface area contributed by atoms with Crippen molar-refractivity contribution in [3.05, 3.63) is 76.1 Å². The summed E-state index contributed by atoms with van der Waals surface area (Å²) >= 11 is 0. The van der Waals surface area contributed by atoms with E-state index in [0.29, 0.717) is 22.3 Å². The van der Waals surface area contributed by atoms with E-state index in [1.54, 1.807) is 29.7 Å². The molecule has 3 rings (SSSR count). The zero-order valence-electron chi connectivity index (χ0n) is 11.1. The molecule has 0 saturated carbocycles. The normalized spacial score (nSPS) is 10.4. The van der Waals surface area contributed by atoms with E-state index in [-0.39, 0.29) is 17.8 Å². The van der Waals surface area contributed by atoms with Crippen molar-refractivity contribution in [2.24, 2.45) is 0 Å². The molecule has 21 heavy (non-hydrogen) atoms. The Morgan fingerprint density at radius 2 is 1.71 bits per heavy atom. The predicted molar refractivity (Wildman–Crippen MR) is 81.4 cm³/mol. The minimum Gasteiger partial charge on any atom is -0.311 e. The largest absolute Gasteiger partial charge is 0.311 e. The Morgan fingerprint density at radius 1 is 1.00 bits per heavy atom. The van der Waals surface area contributed by atoms with Crippen LogP contribution in [0.3, 0.4) is 0 Å². The first-order valence-electron chi connectivity index (χ1n) is 6.15. The van der Waals surface area contributed by atoms with Crippen molar-refractivity contribution in [3.63, 3.8) is 0 Å². The van der Waals surface area contributed by atoms with Crippen molar-refractivity contribution in [2.75, 3.05) is 0 Å². The van der Waals surface area contributed by atoms with Gasteiger partial charge in [0.2, 0.25) is 0 Å². The fraction of sp³-hybridized carbons (Fsp3) is 0.0625. The highest BCUT2D eigenvalue weighted by Gasteiger charge is 2.11. The van der Waals surface area contributed by atoms with Crippen molar-refractivity contribution in [3.8, 4) is 5.69 Å². The number of aryl methyl sites for hydroxylation is 1. The summed E-state index contributed by atoms with van der Waals surface area (Å²) in [5, 5.41) is 0.361. The number of nitrogens with zero attached hydrogens (tertiary/aromatic N) is 1. The Balaban J connectivity index is 0.00000161. The van der Waals surface area contributed by atoms with Gasteiger partial charge in [0.25, 0.3) is 0 Å². The van der Waals surface area contributed by atoms with Crippen LogP contribution in [-0.4, -0.2) is 4.57 Å². The van der Waals surface area contributed by atoms with Gasteiger partial charge in [-0.2, -0.15) is 0 Å². The second-order valence-electron chi connectivity index (χ2n) is 4.60. The molecule has 0 aliphatic rings. The Kier molecular flexibility index (Phi) is 4.09. The van der Waals surface area contributed by atoms with Gasteiger partial charge in [-0.15, -0.1) is 12.4 Å². The van der Waals surface area contributed by atoms with Crippen molar-refractivity contribution in [1.82, 2.24) is 4.57 Å². The Morgan fingerprint density at radius 3 is 2.43 bits per heavy atom. The topological polar surface area (TPSA) is 22.0 Å². The maximum Gasteiger partial charge on any atom is 0.189 e.